The quantitative estimate of drug-likeness (QED) is 0.465. The molecule has 2 saturated heterocycles. The Hall–Kier alpha value is -3.20. The van der Waals surface area contributed by atoms with Crippen molar-refractivity contribution < 1.29 is 33.2 Å². The molecule has 7 nitrogen and oxygen atoms in total. The highest BCUT2D eigenvalue weighted by Gasteiger charge is 2.33. The van der Waals surface area contributed by atoms with Crippen molar-refractivity contribution in [2.45, 2.75) is 37.8 Å². The van der Waals surface area contributed by atoms with Crippen molar-refractivity contribution in [1.29, 1.82) is 0 Å². The van der Waals surface area contributed by atoms with E-state index < -0.39 is 6.09 Å². The second-order valence-electron chi connectivity index (χ2n) is 9.11. The lowest BCUT2D eigenvalue weighted by atomic mass is 9.87. The minimum absolute atomic E-state index is 0.0392. The molecule has 8 heteroatoms. The third-order valence-corrected chi connectivity index (χ3v) is 6.83. The summed E-state index contributed by atoms with van der Waals surface area (Å²) in [5.74, 6) is 0.406. The third kappa shape index (κ3) is 5.61. The summed E-state index contributed by atoms with van der Waals surface area (Å²) >= 11 is 0. The van der Waals surface area contributed by atoms with Crippen molar-refractivity contribution in [1.82, 2.24) is 4.90 Å². The van der Waals surface area contributed by atoms with Crippen LogP contribution in [0.15, 0.2) is 60.7 Å². The Morgan fingerprint density at radius 1 is 1.06 bits per heavy atom. The topological polar surface area (TPSA) is 77.5 Å². The summed E-state index contributed by atoms with van der Waals surface area (Å²) in [5.41, 5.74) is 1.82. The number of amides is 1. The highest BCUT2D eigenvalue weighted by molar-refractivity contribution is 5.89. The van der Waals surface area contributed by atoms with Gasteiger partial charge in [-0.15, -0.1) is 0 Å². The third-order valence-electron chi connectivity index (χ3n) is 6.83. The Balaban J connectivity index is 1.35. The summed E-state index contributed by atoms with van der Waals surface area (Å²) in [6.45, 7) is 2.54. The summed E-state index contributed by atoms with van der Waals surface area (Å²) < 4.78 is 37.2. The molecular weight excluding hydrogens is 465 g/mol. The van der Waals surface area contributed by atoms with Crippen LogP contribution in [0.4, 0.5) is 9.18 Å². The van der Waals surface area contributed by atoms with Gasteiger partial charge in [0.05, 0.1) is 39.1 Å². The van der Waals surface area contributed by atoms with Gasteiger partial charge in [0.1, 0.15) is 11.6 Å². The molecule has 0 aromatic heterocycles. The highest BCUT2D eigenvalue weighted by Crippen LogP contribution is 2.34. The monoisotopic (exact) mass is 495 g/mol. The molecule has 0 saturated carbocycles. The predicted octanol–water partition coefficient (Wildman–Crippen LogP) is 5.17. The number of hydrogen-bond acceptors (Lipinski definition) is 5. The van der Waals surface area contributed by atoms with Crippen LogP contribution in [0.1, 0.15) is 29.9 Å². The maximum atomic E-state index is 13.5. The molecule has 2 aliphatic rings. The van der Waals surface area contributed by atoms with E-state index in [1.54, 1.807) is 12.1 Å². The van der Waals surface area contributed by atoms with Crippen LogP contribution in [0.5, 0.6) is 5.75 Å². The maximum Gasteiger partial charge on any atom is 0.407 e. The number of carboxylic acid groups (broad SMARTS) is 1. The van der Waals surface area contributed by atoms with Gasteiger partial charge in [0.25, 0.3) is 0 Å². The van der Waals surface area contributed by atoms with Crippen LogP contribution in [0.2, 0.25) is 0 Å². The van der Waals surface area contributed by atoms with Crippen LogP contribution in [0, 0.1) is 5.82 Å². The van der Waals surface area contributed by atoms with Crippen LogP contribution in [-0.2, 0) is 20.8 Å². The molecule has 0 aliphatic carbocycles. The van der Waals surface area contributed by atoms with E-state index in [4.69, 9.17) is 18.9 Å². The second kappa shape index (κ2) is 11.2. The van der Waals surface area contributed by atoms with Gasteiger partial charge in [-0.05, 0) is 29.5 Å². The maximum absolute atomic E-state index is 13.5. The van der Waals surface area contributed by atoms with Crippen LogP contribution >= 0.6 is 0 Å². The van der Waals surface area contributed by atoms with Gasteiger partial charge < -0.3 is 29.0 Å². The SMILES string of the molecule is O=C(O)N1CCC(c2ccc(F)cc2)C(OCc2ccc3ccccc3c2OCCC2OCCO2)C1. The number of hydrogen-bond donors (Lipinski definition) is 1. The normalized spacial score (nSPS) is 20.6. The summed E-state index contributed by atoms with van der Waals surface area (Å²) in [6.07, 6.45) is -0.371. The number of ether oxygens (including phenoxy) is 4. The number of fused-ring (bicyclic) bond motifs is 1. The number of halogens is 1. The van der Waals surface area contributed by atoms with E-state index in [2.05, 4.69) is 0 Å². The molecule has 1 amide bonds. The van der Waals surface area contributed by atoms with E-state index in [-0.39, 0.29) is 37.3 Å². The predicted molar refractivity (Wildman–Crippen MR) is 132 cm³/mol. The molecule has 0 spiro atoms. The average Bonchev–Trinajstić information content (AvgIpc) is 3.42. The Labute approximate surface area is 209 Å². The van der Waals surface area contributed by atoms with Gasteiger partial charge in [-0.1, -0.05) is 48.5 Å². The molecule has 2 heterocycles. The summed E-state index contributed by atoms with van der Waals surface area (Å²) in [4.78, 5) is 13.0. The van der Waals surface area contributed by atoms with Crippen molar-refractivity contribution in [3.05, 3.63) is 77.6 Å². The number of benzene rings is 3. The minimum atomic E-state index is -0.966. The zero-order chi connectivity index (χ0) is 24.9. The molecule has 2 atom stereocenters. The lowest BCUT2D eigenvalue weighted by molar-refractivity contribution is -0.0533. The van der Waals surface area contributed by atoms with Gasteiger partial charge in [-0.2, -0.15) is 0 Å². The smallest absolute Gasteiger partial charge is 0.407 e. The molecule has 2 unspecified atom stereocenters. The molecular formula is C28H30FNO6. The number of likely N-dealkylation sites (tertiary alicyclic amines) is 1. The minimum Gasteiger partial charge on any atom is -0.492 e. The zero-order valence-electron chi connectivity index (χ0n) is 20.0. The first-order valence-corrected chi connectivity index (χ1v) is 12.3. The average molecular weight is 496 g/mol. The van der Waals surface area contributed by atoms with Crippen LogP contribution < -0.4 is 4.74 Å². The lowest BCUT2D eigenvalue weighted by Gasteiger charge is -2.37. The highest BCUT2D eigenvalue weighted by atomic mass is 19.1. The van der Waals surface area contributed by atoms with Gasteiger partial charge in [0.2, 0.25) is 0 Å². The van der Waals surface area contributed by atoms with Gasteiger partial charge in [-0.3, -0.25) is 0 Å². The van der Waals surface area contributed by atoms with Gasteiger partial charge in [0, 0.05) is 29.8 Å². The Kier molecular flexibility index (Phi) is 7.65. The van der Waals surface area contributed by atoms with E-state index in [1.807, 2.05) is 36.4 Å². The number of rotatable bonds is 8. The van der Waals surface area contributed by atoms with Crippen LogP contribution in [-0.4, -0.2) is 61.4 Å². The van der Waals surface area contributed by atoms with Gasteiger partial charge >= 0.3 is 6.09 Å². The number of carbonyl (C=O) groups is 1. The van der Waals surface area contributed by atoms with E-state index in [0.29, 0.717) is 39.2 Å². The number of piperidine rings is 1. The van der Waals surface area contributed by atoms with E-state index in [1.165, 1.54) is 17.0 Å². The molecule has 5 rings (SSSR count). The van der Waals surface area contributed by atoms with Crippen molar-refractivity contribution in [2.24, 2.45) is 0 Å². The molecule has 0 radical (unpaired) electrons. The van der Waals surface area contributed by atoms with Crippen LogP contribution in [0.25, 0.3) is 10.8 Å². The second-order valence-corrected chi connectivity index (χ2v) is 9.11. The molecule has 3 aromatic carbocycles. The van der Waals surface area contributed by atoms with Crippen LogP contribution in [0.3, 0.4) is 0 Å². The van der Waals surface area contributed by atoms with Gasteiger partial charge in [0.15, 0.2) is 6.29 Å². The van der Waals surface area contributed by atoms with Crippen molar-refractivity contribution in [3.8, 4) is 5.75 Å². The molecule has 3 aromatic rings. The molecule has 190 valence electrons. The molecule has 36 heavy (non-hydrogen) atoms. The van der Waals surface area contributed by atoms with E-state index in [9.17, 15) is 14.3 Å². The first-order valence-electron chi connectivity index (χ1n) is 12.3. The van der Waals surface area contributed by atoms with Crippen molar-refractivity contribution in [3.63, 3.8) is 0 Å². The van der Waals surface area contributed by atoms with E-state index >= 15 is 0 Å². The molecule has 0 bridgehead atoms. The fraction of sp³-hybridized carbons (Fsp3) is 0.393. The largest absolute Gasteiger partial charge is 0.492 e. The summed E-state index contributed by atoms with van der Waals surface area (Å²) in [7, 11) is 0. The standard InChI is InChI=1S/C28H30FNO6/c29-22-9-7-20(8-10-22)23-11-13-30(28(31)32)17-25(23)36-18-21-6-5-19-3-1-2-4-24(19)27(21)35-14-12-26-33-15-16-34-26/h1-10,23,25-26H,11-18H2,(H,31,32). The van der Waals surface area contributed by atoms with E-state index in [0.717, 1.165) is 27.6 Å². The zero-order valence-corrected chi connectivity index (χ0v) is 20.0. The van der Waals surface area contributed by atoms with Gasteiger partial charge in [-0.25, -0.2) is 9.18 Å². The molecule has 2 aliphatic heterocycles. The lowest BCUT2D eigenvalue weighted by Crippen LogP contribution is -2.46. The van der Waals surface area contributed by atoms with Crippen molar-refractivity contribution >= 4 is 16.9 Å². The fourth-order valence-corrected chi connectivity index (χ4v) is 4.95. The summed E-state index contributed by atoms with van der Waals surface area (Å²) in [6, 6.07) is 18.4. The molecule has 2 fully saturated rings. The number of nitrogens with zero attached hydrogens (tertiary/aromatic N) is 1. The molecule has 1 N–H and O–H groups in total. The Morgan fingerprint density at radius 3 is 2.61 bits per heavy atom. The Morgan fingerprint density at radius 2 is 1.83 bits per heavy atom. The van der Waals surface area contributed by atoms with Crippen molar-refractivity contribution in [2.75, 3.05) is 32.9 Å². The first kappa shape index (κ1) is 24.5. The fourth-order valence-electron chi connectivity index (χ4n) is 4.95. The summed E-state index contributed by atoms with van der Waals surface area (Å²) in [5, 5.41) is 11.6. The Bertz CT molecular complexity index is 1180. The first-order chi connectivity index (χ1) is 17.6.